The molecule has 0 spiro atoms. The summed E-state index contributed by atoms with van der Waals surface area (Å²) in [6.45, 7) is 3.94. The summed E-state index contributed by atoms with van der Waals surface area (Å²) in [6, 6.07) is 13.8. The van der Waals surface area contributed by atoms with E-state index in [0.29, 0.717) is 17.0 Å². The van der Waals surface area contributed by atoms with Crippen LogP contribution in [0.5, 0.6) is 0 Å². The predicted molar refractivity (Wildman–Crippen MR) is 116 cm³/mol. The van der Waals surface area contributed by atoms with Crippen LogP contribution in [0.15, 0.2) is 42.5 Å². The first kappa shape index (κ1) is 20.2. The van der Waals surface area contributed by atoms with E-state index < -0.39 is 0 Å². The molecule has 0 saturated heterocycles. The molecule has 0 radical (unpaired) electrons. The molecule has 0 nitrogen and oxygen atoms in total. The topological polar surface area (TPSA) is 0 Å². The minimum atomic E-state index is -0.200. The van der Waals surface area contributed by atoms with E-state index in [-0.39, 0.29) is 5.82 Å². The van der Waals surface area contributed by atoms with Crippen LogP contribution >= 0.6 is 0 Å². The molecular weight excluding hydrogens is 343 g/mol. The van der Waals surface area contributed by atoms with Gasteiger partial charge in [0.15, 0.2) is 0 Å². The highest BCUT2D eigenvalue weighted by Crippen LogP contribution is 2.36. The molecule has 1 fully saturated rings. The van der Waals surface area contributed by atoms with E-state index in [1.807, 2.05) is 6.07 Å². The lowest BCUT2D eigenvalue weighted by molar-refractivity contribution is 0.331. The first-order chi connectivity index (χ1) is 13.7. The number of aryl methyl sites for hydroxylation is 1. The van der Waals surface area contributed by atoms with E-state index >= 15 is 0 Å². The number of rotatable bonds is 3. The minimum Gasteiger partial charge on any atom is -0.207 e. The van der Waals surface area contributed by atoms with Crippen molar-refractivity contribution in [3.8, 4) is 23.7 Å². The molecule has 0 aliphatic heterocycles. The van der Waals surface area contributed by atoms with Crippen LogP contribution < -0.4 is 0 Å². The third-order valence-electron chi connectivity index (χ3n) is 5.64. The molecule has 0 N–H and O–H groups in total. The van der Waals surface area contributed by atoms with Gasteiger partial charge in [-0.3, -0.25) is 0 Å². The molecule has 1 heteroatoms. The second-order valence-corrected chi connectivity index (χ2v) is 7.86. The van der Waals surface area contributed by atoms with Crippen molar-refractivity contribution in [3.05, 3.63) is 70.5 Å². The largest absolute Gasteiger partial charge is 0.207 e. The molecule has 144 valence electrons. The molecule has 0 amide bonds. The highest BCUT2D eigenvalue weighted by molar-refractivity contribution is 5.44. The van der Waals surface area contributed by atoms with Crippen LogP contribution in [0.25, 0.3) is 0 Å². The molecule has 1 aliphatic carbocycles. The van der Waals surface area contributed by atoms with Crippen molar-refractivity contribution in [2.75, 3.05) is 0 Å². The number of unbranched alkanes of at least 4 members (excludes halogenated alkanes) is 1. The molecule has 0 bridgehead atoms. The van der Waals surface area contributed by atoms with Crippen molar-refractivity contribution in [1.82, 2.24) is 0 Å². The zero-order valence-electron chi connectivity index (χ0n) is 17.0. The van der Waals surface area contributed by atoms with Crippen molar-refractivity contribution < 1.29 is 4.39 Å². The first-order valence-corrected chi connectivity index (χ1v) is 10.5. The highest BCUT2D eigenvalue weighted by atomic mass is 19.1. The molecule has 1 saturated carbocycles. The Hall–Kier alpha value is -2.51. The maximum atomic E-state index is 13.6. The maximum absolute atomic E-state index is 13.6. The van der Waals surface area contributed by atoms with Gasteiger partial charge in [0, 0.05) is 24.0 Å². The Morgan fingerprint density at radius 1 is 0.893 bits per heavy atom. The highest BCUT2D eigenvalue weighted by Gasteiger charge is 2.21. The van der Waals surface area contributed by atoms with Crippen molar-refractivity contribution in [2.45, 2.75) is 64.7 Å². The smallest absolute Gasteiger partial charge is 0.127 e. The van der Waals surface area contributed by atoms with E-state index in [1.165, 1.54) is 37.3 Å². The van der Waals surface area contributed by atoms with E-state index in [1.54, 1.807) is 13.0 Å². The van der Waals surface area contributed by atoms with Crippen molar-refractivity contribution in [3.63, 3.8) is 0 Å². The van der Waals surface area contributed by atoms with Gasteiger partial charge in [-0.25, -0.2) is 4.39 Å². The number of hydrogen-bond donors (Lipinski definition) is 0. The van der Waals surface area contributed by atoms with Crippen molar-refractivity contribution in [2.24, 2.45) is 5.92 Å². The second-order valence-electron chi connectivity index (χ2n) is 7.86. The Balaban J connectivity index is 1.55. The van der Waals surface area contributed by atoms with Gasteiger partial charge in [0.1, 0.15) is 5.82 Å². The van der Waals surface area contributed by atoms with E-state index in [0.717, 1.165) is 30.7 Å². The van der Waals surface area contributed by atoms with Crippen LogP contribution in [0.1, 0.15) is 80.0 Å². The Kier molecular flexibility index (Phi) is 7.33. The fraction of sp³-hybridized carbons (Fsp3) is 0.407. The lowest BCUT2D eigenvalue weighted by Crippen LogP contribution is -2.12. The predicted octanol–water partition coefficient (Wildman–Crippen LogP) is 7.00. The third-order valence-corrected chi connectivity index (χ3v) is 5.64. The van der Waals surface area contributed by atoms with Gasteiger partial charge in [-0.15, -0.1) is 11.8 Å². The summed E-state index contributed by atoms with van der Waals surface area (Å²) in [5.74, 6) is 14.1. The van der Waals surface area contributed by atoms with Crippen LogP contribution in [-0.4, -0.2) is 0 Å². The van der Waals surface area contributed by atoms with Gasteiger partial charge in [-0.05, 0) is 86.3 Å². The van der Waals surface area contributed by atoms with Gasteiger partial charge in [0.05, 0.1) is 0 Å². The standard InChI is InChI=1S/C27H29F/c1-3-4-5-6-7-22-12-16-25(17-13-22)26-18-14-23(15-19-26)10-11-24-9-8-21(2)27(28)20-24/h8-9,14-15,18-20,22,25H,3-4,7,12-13,16-17H2,1-2H3. The summed E-state index contributed by atoms with van der Waals surface area (Å²) in [6.07, 6.45) is 8.34. The number of halogens is 1. The summed E-state index contributed by atoms with van der Waals surface area (Å²) >= 11 is 0. The quantitative estimate of drug-likeness (QED) is 0.509. The Bertz CT molecular complexity index is 891. The average Bonchev–Trinajstić information content (AvgIpc) is 2.73. The van der Waals surface area contributed by atoms with Gasteiger partial charge < -0.3 is 0 Å². The fourth-order valence-corrected chi connectivity index (χ4v) is 3.78. The Labute approximate surface area is 169 Å². The van der Waals surface area contributed by atoms with Crippen LogP contribution in [0.3, 0.4) is 0 Å². The minimum absolute atomic E-state index is 0.200. The van der Waals surface area contributed by atoms with Gasteiger partial charge in [-0.1, -0.05) is 37.0 Å². The maximum Gasteiger partial charge on any atom is 0.127 e. The number of hydrogen-bond acceptors (Lipinski definition) is 0. The van der Waals surface area contributed by atoms with E-state index in [2.05, 4.69) is 54.9 Å². The molecule has 28 heavy (non-hydrogen) atoms. The molecule has 0 heterocycles. The third kappa shape index (κ3) is 5.74. The normalized spacial score (nSPS) is 18.5. The SMILES string of the molecule is CCCC#CCC1CCC(c2ccc(C#Cc3ccc(C)c(F)c3)cc2)CC1. The van der Waals surface area contributed by atoms with Crippen LogP contribution in [0.4, 0.5) is 4.39 Å². The Morgan fingerprint density at radius 3 is 2.25 bits per heavy atom. The second kappa shape index (κ2) is 10.1. The molecule has 2 aromatic carbocycles. The fourth-order valence-electron chi connectivity index (χ4n) is 3.78. The van der Waals surface area contributed by atoms with Crippen molar-refractivity contribution in [1.29, 1.82) is 0 Å². The lowest BCUT2D eigenvalue weighted by Gasteiger charge is -2.27. The summed E-state index contributed by atoms with van der Waals surface area (Å²) in [5.41, 5.74) is 3.76. The average molecular weight is 373 g/mol. The van der Waals surface area contributed by atoms with Gasteiger partial charge >= 0.3 is 0 Å². The zero-order chi connectivity index (χ0) is 19.8. The molecule has 1 aliphatic rings. The number of benzene rings is 2. The molecule has 2 aromatic rings. The Morgan fingerprint density at radius 2 is 1.57 bits per heavy atom. The van der Waals surface area contributed by atoms with Crippen LogP contribution in [0, 0.1) is 42.3 Å². The zero-order valence-corrected chi connectivity index (χ0v) is 17.0. The molecule has 0 unspecified atom stereocenters. The van der Waals surface area contributed by atoms with Crippen molar-refractivity contribution >= 4 is 0 Å². The summed E-state index contributed by atoms with van der Waals surface area (Å²) in [5, 5.41) is 0. The van der Waals surface area contributed by atoms with Gasteiger partial charge in [0.2, 0.25) is 0 Å². The monoisotopic (exact) mass is 372 g/mol. The molecule has 3 rings (SSSR count). The van der Waals surface area contributed by atoms with Gasteiger partial charge in [0.25, 0.3) is 0 Å². The lowest BCUT2D eigenvalue weighted by atomic mass is 9.77. The van der Waals surface area contributed by atoms with Gasteiger partial charge in [-0.2, -0.15) is 0 Å². The van der Waals surface area contributed by atoms with E-state index in [4.69, 9.17) is 0 Å². The summed E-state index contributed by atoms with van der Waals surface area (Å²) in [7, 11) is 0. The first-order valence-electron chi connectivity index (χ1n) is 10.5. The molecule has 0 atom stereocenters. The molecular formula is C27H29F. The van der Waals surface area contributed by atoms with Crippen LogP contribution in [0.2, 0.25) is 0 Å². The summed E-state index contributed by atoms with van der Waals surface area (Å²) in [4.78, 5) is 0. The summed E-state index contributed by atoms with van der Waals surface area (Å²) < 4.78 is 13.6. The van der Waals surface area contributed by atoms with E-state index in [9.17, 15) is 4.39 Å². The molecule has 0 aromatic heterocycles. The van der Waals surface area contributed by atoms with Crippen LogP contribution in [-0.2, 0) is 0 Å².